The molecule has 1 rings (SSSR count). The van der Waals surface area contributed by atoms with E-state index in [1.807, 2.05) is 0 Å². The van der Waals surface area contributed by atoms with Gasteiger partial charge in [0.2, 0.25) is 0 Å². The maximum Gasteiger partial charge on any atom is 0.179 e. The standard InChI is InChI=1S/C9H7BrClFO2/c1-14-8-3-5(7(13)4-11)2-6(10)9(8)12/h2-3H,4H2,1H3. The number of rotatable bonds is 3. The molecule has 5 heteroatoms. The van der Waals surface area contributed by atoms with E-state index in [0.29, 0.717) is 5.56 Å². The molecule has 0 N–H and O–H groups in total. The van der Waals surface area contributed by atoms with Crippen LogP contribution >= 0.6 is 27.5 Å². The van der Waals surface area contributed by atoms with Crippen LogP contribution in [0, 0.1) is 5.82 Å². The fourth-order valence-corrected chi connectivity index (χ4v) is 1.55. The van der Waals surface area contributed by atoms with Crippen molar-refractivity contribution in [3.05, 3.63) is 28.0 Å². The van der Waals surface area contributed by atoms with E-state index in [-0.39, 0.29) is 21.9 Å². The van der Waals surface area contributed by atoms with Crippen molar-refractivity contribution in [3.8, 4) is 5.75 Å². The van der Waals surface area contributed by atoms with Crippen molar-refractivity contribution in [3.63, 3.8) is 0 Å². The molecule has 0 aliphatic heterocycles. The van der Waals surface area contributed by atoms with Crippen molar-refractivity contribution in [2.24, 2.45) is 0 Å². The summed E-state index contributed by atoms with van der Waals surface area (Å²) in [6.07, 6.45) is 0. The molecule has 0 amide bonds. The van der Waals surface area contributed by atoms with Crippen LogP contribution in [0.2, 0.25) is 0 Å². The van der Waals surface area contributed by atoms with Crippen LogP contribution in [0.5, 0.6) is 5.75 Å². The third-order valence-corrected chi connectivity index (χ3v) is 2.48. The number of benzene rings is 1. The molecule has 0 saturated carbocycles. The molecule has 0 unspecified atom stereocenters. The first-order chi connectivity index (χ1) is 6.60. The van der Waals surface area contributed by atoms with E-state index in [4.69, 9.17) is 16.3 Å². The third kappa shape index (κ3) is 2.25. The molecule has 1 aromatic carbocycles. The number of carbonyl (C=O) groups is 1. The molecule has 1 aromatic rings. The van der Waals surface area contributed by atoms with E-state index in [1.165, 1.54) is 19.2 Å². The van der Waals surface area contributed by atoms with E-state index in [2.05, 4.69) is 15.9 Å². The van der Waals surface area contributed by atoms with Gasteiger partial charge in [0.1, 0.15) is 0 Å². The zero-order valence-electron chi connectivity index (χ0n) is 7.31. The number of carbonyl (C=O) groups excluding carboxylic acids is 1. The Morgan fingerprint density at radius 3 is 2.79 bits per heavy atom. The van der Waals surface area contributed by atoms with Gasteiger partial charge in [0.05, 0.1) is 17.5 Å². The van der Waals surface area contributed by atoms with Crippen molar-refractivity contribution in [1.29, 1.82) is 0 Å². The number of hydrogen-bond donors (Lipinski definition) is 0. The first kappa shape index (κ1) is 11.5. The van der Waals surface area contributed by atoms with Crippen LogP contribution in [0.3, 0.4) is 0 Å². The zero-order chi connectivity index (χ0) is 10.7. The summed E-state index contributed by atoms with van der Waals surface area (Å²) in [5.74, 6) is -0.918. The number of halogens is 3. The number of hydrogen-bond acceptors (Lipinski definition) is 2. The van der Waals surface area contributed by atoms with Crippen LogP contribution in [0.1, 0.15) is 10.4 Å². The molecule has 14 heavy (non-hydrogen) atoms. The molecule has 0 aliphatic rings. The molecule has 0 spiro atoms. The molecule has 0 heterocycles. The lowest BCUT2D eigenvalue weighted by atomic mass is 10.1. The van der Waals surface area contributed by atoms with E-state index in [9.17, 15) is 9.18 Å². The van der Waals surface area contributed by atoms with Gasteiger partial charge in [0.15, 0.2) is 17.3 Å². The molecule has 0 aliphatic carbocycles. The number of methoxy groups -OCH3 is 1. The summed E-state index contributed by atoms with van der Waals surface area (Å²) in [6.45, 7) is 0. The maximum atomic E-state index is 13.2. The topological polar surface area (TPSA) is 26.3 Å². The Morgan fingerprint density at radius 2 is 2.29 bits per heavy atom. The maximum absolute atomic E-state index is 13.2. The van der Waals surface area contributed by atoms with Crippen molar-refractivity contribution in [1.82, 2.24) is 0 Å². The minimum absolute atomic E-state index is 0.0211. The average Bonchev–Trinajstić information content (AvgIpc) is 2.20. The van der Waals surface area contributed by atoms with Crippen LogP contribution in [0.15, 0.2) is 16.6 Å². The smallest absolute Gasteiger partial charge is 0.179 e. The van der Waals surface area contributed by atoms with Gasteiger partial charge in [-0.15, -0.1) is 11.6 Å². The highest BCUT2D eigenvalue weighted by atomic mass is 79.9. The van der Waals surface area contributed by atoms with Crippen LogP contribution < -0.4 is 4.74 Å². The highest BCUT2D eigenvalue weighted by Crippen LogP contribution is 2.27. The summed E-state index contributed by atoms with van der Waals surface area (Å²) >= 11 is 8.36. The number of ketones is 1. The Bertz CT molecular complexity index is 368. The number of Topliss-reactive ketones (excluding diaryl/α,β-unsaturated/α-hetero) is 1. The highest BCUT2D eigenvalue weighted by molar-refractivity contribution is 9.10. The molecule has 76 valence electrons. The van der Waals surface area contributed by atoms with Gasteiger partial charge in [0.25, 0.3) is 0 Å². The molecule has 0 radical (unpaired) electrons. The summed E-state index contributed by atoms with van der Waals surface area (Å²) in [5, 5.41) is 0. The largest absolute Gasteiger partial charge is 0.494 e. The van der Waals surface area contributed by atoms with Crippen LogP contribution in [0.25, 0.3) is 0 Å². The quantitative estimate of drug-likeness (QED) is 0.629. The summed E-state index contributed by atoms with van der Waals surface area (Å²) in [5.41, 5.74) is 0.324. The molecule has 0 fully saturated rings. The first-order valence-corrected chi connectivity index (χ1v) is 5.05. The predicted molar refractivity (Wildman–Crippen MR) is 55.7 cm³/mol. The minimum atomic E-state index is -0.529. The second kappa shape index (κ2) is 4.75. The van der Waals surface area contributed by atoms with Gasteiger partial charge in [-0.2, -0.15) is 0 Å². The third-order valence-electron chi connectivity index (χ3n) is 1.66. The Morgan fingerprint density at radius 1 is 1.64 bits per heavy atom. The average molecular weight is 282 g/mol. The van der Waals surface area contributed by atoms with Crippen LogP contribution in [-0.4, -0.2) is 18.8 Å². The lowest BCUT2D eigenvalue weighted by Gasteiger charge is -2.05. The van der Waals surface area contributed by atoms with Crippen molar-refractivity contribution < 1.29 is 13.9 Å². The SMILES string of the molecule is COc1cc(C(=O)CCl)cc(Br)c1F. The second-order valence-corrected chi connectivity index (χ2v) is 3.65. The summed E-state index contributed by atoms with van der Waals surface area (Å²) in [6, 6.07) is 2.70. The van der Waals surface area contributed by atoms with E-state index < -0.39 is 5.82 Å². The van der Waals surface area contributed by atoms with Gasteiger partial charge >= 0.3 is 0 Å². The van der Waals surface area contributed by atoms with Crippen LogP contribution in [-0.2, 0) is 0 Å². The molecule has 0 saturated heterocycles. The van der Waals surface area contributed by atoms with Gasteiger partial charge in [-0.05, 0) is 28.1 Å². The Labute approximate surface area is 94.1 Å². The van der Waals surface area contributed by atoms with E-state index in [1.54, 1.807) is 0 Å². The molecule has 0 bridgehead atoms. The molecule has 0 atom stereocenters. The number of ether oxygens (including phenoxy) is 1. The van der Waals surface area contributed by atoms with Crippen molar-refractivity contribution in [2.45, 2.75) is 0 Å². The summed E-state index contributed by atoms with van der Waals surface area (Å²) in [4.78, 5) is 11.2. The predicted octanol–water partition coefficient (Wildman–Crippen LogP) is 3.02. The van der Waals surface area contributed by atoms with Gasteiger partial charge in [0, 0.05) is 5.56 Å². The Hall–Kier alpha value is -0.610. The monoisotopic (exact) mass is 280 g/mol. The van der Waals surface area contributed by atoms with Crippen molar-refractivity contribution in [2.75, 3.05) is 13.0 Å². The second-order valence-electron chi connectivity index (χ2n) is 2.53. The van der Waals surface area contributed by atoms with Crippen LogP contribution in [0.4, 0.5) is 4.39 Å². The van der Waals surface area contributed by atoms with Gasteiger partial charge in [-0.1, -0.05) is 0 Å². The van der Waals surface area contributed by atoms with E-state index in [0.717, 1.165) is 0 Å². The van der Waals surface area contributed by atoms with Gasteiger partial charge in [-0.3, -0.25) is 4.79 Å². The lowest BCUT2D eigenvalue weighted by Crippen LogP contribution is -2.02. The summed E-state index contributed by atoms with van der Waals surface area (Å²) < 4.78 is 18.2. The Kier molecular flexibility index (Phi) is 3.89. The fraction of sp³-hybridized carbons (Fsp3) is 0.222. The normalized spacial score (nSPS) is 10.0. The van der Waals surface area contributed by atoms with E-state index >= 15 is 0 Å². The fourth-order valence-electron chi connectivity index (χ4n) is 0.951. The number of alkyl halides is 1. The zero-order valence-corrected chi connectivity index (χ0v) is 9.65. The lowest BCUT2D eigenvalue weighted by molar-refractivity contribution is 0.102. The molecule has 2 nitrogen and oxygen atoms in total. The Balaban J connectivity index is 3.22. The van der Waals surface area contributed by atoms with Gasteiger partial charge in [-0.25, -0.2) is 4.39 Å². The molecular weight excluding hydrogens is 274 g/mol. The minimum Gasteiger partial charge on any atom is -0.494 e. The van der Waals surface area contributed by atoms with Crippen molar-refractivity contribution >= 4 is 33.3 Å². The van der Waals surface area contributed by atoms with Gasteiger partial charge < -0.3 is 4.74 Å². The molecule has 0 aromatic heterocycles. The first-order valence-electron chi connectivity index (χ1n) is 3.72. The molecular formula is C9H7BrClFO2. The summed E-state index contributed by atoms with van der Waals surface area (Å²) in [7, 11) is 1.33. The highest BCUT2D eigenvalue weighted by Gasteiger charge is 2.13.